The van der Waals surface area contributed by atoms with E-state index in [1.807, 2.05) is 30.5 Å². The summed E-state index contributed by atoms with van der Waals surface area (Å²) in [6.07, 6.45) is 5.18. The number of fused-ring (bicyclic) bond motifs is 1. The van der Waals surface area contributed by atoms with Gasteiger partial charge in [-0.2, -0.15) is 0 Å². The van der Waals surface area contributed by atoms with Gasteiger partial charge in [-0.25, -0.2) is 4.98 Å². The standard InChI is InChI=1S/C22H15N5O2S/c1-13-17(5-3-9-24-13)25-21(28)14-6-7-19-16(10-14)20(27-29-19)18-12-30-22(26-18)15-4-2-8-23-11-15/h2-12H,1H3,(H,25,28). The fourth-order valence-corrected chi connectivity index (χ4v) is 3.88. The van der Waals surface area contributed by atoms with Crippen LogP contribution in [0.15, 0.2) is 71.0 Å². The fourth-order valence-electron chi connectivity index (χ4n) is 3.08. The van der Waals surface area contributed by atoms with Gasteiger partial charge in [0.25, 0.3) is 5.91 Å². The number of hydrogen-bond donors (Lipinski definition) is 1. The molecule has 8 heteroatoms. The number of nitrogens with zero attached hydrogens (tertiary/aromatic N) is 4. The lowest BCUT2D eigenvalue weighted by molar-refractivity contribution is 0.102. The number of aromatic nitrogens is 4. The van der Waals surface area contributed by atoms with Gasteiger partial charge in [0.05, 0.1) is 16.8 Å². The Hall–Kier alpha value is -3.91. The maximum Gasteiger partial charge on any atom is 0.255 e. The summed E-state index contributed by atoms with van der Waals surface area (Å²) < 4.78 is 5.45. The minimum Gasteiger partial charge on any atom is -0.356 e. The summed E-state index contributed by atoms with van der Waals surface area (Å²) in [5.74, 6) is -0.227. The van der Waals surface area contributed by atoms with Gasteiger partial charge in [0.2, 0.25) is 0 Å². The van der Waals surface area contributed by atoms with Crippen LogP contribution in [0.5, 0.6) is 0 Å². The smallest absolute Gasteiger partial charge is 0.255 e. The number of nitrogens with one attached hydrogen (secondary N) is 1. The molecule has 146 valence electrons. The van der Waals surface area contributed by atoms with Gasteiger partial charge < -0.3 is 9.84 Å². The molecule has 0 saturated carbocycles. The van der Waals surface area contributed by atoms with Crippen molar-refractivity contribution >= 4 is 33.9 Å². The number of rotatable bonds is 4. The third-order valence-electron chi connectivity index (χ3n) is 4.64. The highest BCUT2D eigenvalue weighted by atomic mass is 32.1. The van der Waals surface area contributed by atoms with Crippen molar-refractivity contribution in [1.29, 1.82) is 0 Å². The molecule has 7 nitrogen and oxygen atoms in total. The fraction of sp³-hybridized carbons (Fsp3) is 0.0455. The first-order chi connectivity index (χ1) is 14.7. The second-order valence-corrected chi connectivity index (χ2v) is 7.47. The predicted octanol–water partition coefficient (Wildman–Crippen LogP) is 4.97. The highest BCUT2D eigenvalue weighted by Gasteiger charge is 2.17. The van der Waals surface area contributed by atoms with E-state index in [4.69, 9.17) is 4.52 Å². The Morgan fingerprint density at radius 1 is 1.13 bits per heavy atom. The molecule has 4 aromatic heterocycles. The predicted molar refractivity (Wildman–Crippen MR) is 115 cm³/mol. The second kappa shape index (κ2) is 7.49. The number of benzene rings is 1. The van der Waals surface area contributed by atoms with Crippen LogP contribution in [0.4, 0.5) is 5.69 Å². The van der Waals surface area contributed by atoms with Crippen LogP contribution in [0.1, 0.15) is 16.1 Å². The quantitative estimate of drug-likeness (QED) is 0.447. The zero-order chi connectivity index (χ0) is 20.5. The van der Waals surface area contributed by atoms with Gasteiger partial charge >= 0.3 is 0 Å². The Balaban J connectivity index is 1.49. The third-order valence-corrected chi connectivity index (χ3v) is 5.53. The van der Waals surface area contributed by atoms with Gasteiger partial charge in [0.15, 0.2) is 5.58 Å². The lowest BCUT2D eigenvalue weighted by Gasteiger charge is -2.07. The van der Waals surface area contributed by atoms with Crippen molar-refractivity contribution in [2.45, 2.75) is 6.92 Å². The van der Waals surface area contributed by atoms with E-state index in [9.17, 15) is 4.79 Å². The van der Waals surface area contributed by atoms with E-state index < -0.39 is 0 Å². The van der Waals surface area contributed by atoms with Crippen molar-refractivity contribution in [3.05, 3.63) is 77.7 Å². The number of carbonyl (C=O) groups is 1. The van der Waals surface area contributed by atoms with Gasteiger partial charge in [0.1, 0.15) is 16.4 Å². The van der Waals surface area contributed by atoms with E-state index >= 15 is 0 Å². The molecule has 0 fully saturated rings. The van der Waals surface area contributed by atoms with E-state index in [2.05, 4.69) is 25.4 Å². The van der Waals surface area contributed by atoms with Crippen LogP contribution in [0.25, 0.3) is 32.9 Å². The molecule has 0 spiro atoms. The largest absolute Gasteiger partial charge is 0.356 e. The number of pyridine rings is 2. The van der Waals surface area contributed by atoms with E-state index in [0.29, 0.717) is 28.2 Å². The molecule has 0 atom stereocenters. The third kappa shape index (κ3) is 3.33. The summed E-state index contributed by atoms with van der Waals surface area (Å²) in [6, 6.07) is 12.7. The number of hydrogen-bond acceptors (Lipinski definition) is 7. The SMILES string of the molecule is Cc1ncccc1NC(=O)c1ccc2onc(-c3csc(-c4cccnc4)n3)c2c1. The second-order valence-electron chi connectivity index (χ2n) is 6.61. The Morgan fingerprint density at radius 3 is 2.87 bits per heavy atom. The molecule has 4 heterocycles. The topological polar surface area (TPSA) is 93.8 Å². The molecular formula is C22H15N5O2S. The number of aryl methyl sites for hydroxylation is 1. The maximum absolute atomic E-state index is 12.8. The Kier molecular flexibility index (Phi) is 4.53. The highest BCUT2D eigenvalue weighted by molar-refractivity contribution is 7.13. The number of carbonyl (C=O) groups excluding carboxylic acids is 1. The Bertz CT molecular complexity index is 1360. The lowest BCUT2D eigenvalue weighted by Crippen LogP contribution is -2.13. The van der Waals surface area contributed by atoms with Crippen molar-refractivity contribution < 1.29 is 9.32 Å². The van der Waals surface area contributed by atoms with Gasteiger partial charge in [-0.1, -0.05) is 5.16 Å². The van der Waals surface area contributed by atoms with Crippen LogP contribution in [-0.2, 0) is 0 Å². The zero-order valence-electron chi connectivity index (χ0n) is 15.9. The molecule has 1 N–H and O–H groups in total. The summed E-state index contributed by atoms with van der Waals surface area (Å²) >= 11 is 1.50. The lowest BCUT2D eigenvalue weighted by atomic mass is 10.1. The zero-order valence-corrected chi connectivity index (χ0v) is 16.7. The van der Waals surface area contributed by atoms with E-state index in [1.54, 1.807) is 42.9 Å². The minimum atomic E-state index is -0.227. The van der Waals surface area contributed by atoms with Gasteiger partial charge in [-0.05, 0) is 49.4 Å². The van der Waals surface area contributed by atoms with Crippen molar-refractivity contribution in [3.63, 3.8) is 0 Å². The van der Waals surface area contributed by atoms with Crippen molar-refractivity contribution in [2.75, 3.05) is 5.32 Å². The van der Waals surface area contributed by atoms with Gasteiger partial charge in [-0.15, -0.1) is 11.3 Å². The van der Waals surface area contributed by atoms with Gasteiger partial charge in [0, 0.05) is 35.1 Å². The summed E-state index contributed by atoms with van der Waals surface area (Å²) in [5, 5.41) is 10.6. The molecule has 30 heavy (non-hydrogen) atoms. The van der Waals surface area contributed by atoms with Crippen molar-refractivity contribution in [2.24, 2.45) is 0 Å². The maximum atomic E-state index is 12.8. The normalized spacial score (nSPS) is 11.0. The minimum absolute atomic E-state index is 0.227. The highest BCUT2D eigenvalue weighted by Crippen LogP contribution is 2.32. The molecule has 0 radical (unpaired) electrons. The van der Waals surface area contributed by atoms with Gasteiger partial charge in [-0.3, -0.25) is 14.8 Å². The van der Waals surface area contributed by atoms with Crippen LogP contribution < -0.4 is 5.32 Å². The first-order valence-corrected chi connectivity index (χ1v) is 10.1. The Labute approximate surface area is 175 Å². The molecule has 0 aliphatic rings. The van der Waals surface area contributed by atoms with Crippen molar-refractivity contribution in [3.8, 4) is 22.0 Å². The van der Waals surface area contributed by atoms with E-state index in [-0.39, 0.29) is 5.91 Å². The number of amides is 1. The molecule has 0 aliphatic heterocycles. The molecule has 5 rings (SSSR count). The van der Waals surface area contributed by atoms with Crippen molar-refractivity contribution in [1.82, 2.24) is 20.1 Å². The van der Waals surface area contributed by atoms with Crippen LogP contribution in [0, 0.1) is 6.92 Å². The molecular weight excluding hydrogens is 398 g/mol. The van der Waals surface area contributed by atoms with E-state index in [1.165, 1.54) is 11.3 Å². The Morgan fingerprint density at radius 2 is 2.03 bits per heavy atom. The monoisotopic (exact) mass is 413 g/mol. The number of anilines is 1. The van der Waals surface area contributed by atoms with Crippen LogP contribution in [0.3, 0.4) is 0 Å². The summed E-state index contributed by atoms with van der Waals surface area (Å²) in [7, 11) is 0. The molecule has 0 saturated heterocycles. The molecule has 0 bridgehead atoms. The first kappa shape index (κ1) is 18.1. The van der Waals surface area contributed by atoms with Crippen LogP contribution in [-0.4, -0.2) is 26.0 Å². The van der Waals surface area contributed by atoms with Crippen LogP contribution >= 0.6 is 11.3 Å². The molecule has 0 unspecified atom stereocenters. The average Bonchev–Trinajstić information content (AvgIpc) is 3.42. The average molecular weight is 413 g/mol. The molecule has 0 aliphatic carbocycles. The first-order valence-electron chi connectivity index (χ1n) is 9.18. The molecule has 1 aromatic carbocycles. The number of thiazole rings is 1. The van der Waals surface area contributed by atoms with Crippen LogP contribution in [0.2, 0.25) is 0 Å². The van der Waals surface area contributed by atoms with E-state index in [0.717, 1.165) is 21.7 Å². The molecule has 1 amide bonds. The summed E-state index contributed by atoms with van der Waals surface area (Å²) in [5.41, 5.74) is 4.75. The summed E-state index contributed by atoms with van der Waals surface area (Å²) in [4.78, 5) is 25.8. The summed E-state index contributed by atoms with van der Waals surface area (Å²) in [6.45, 7) is 1.85. The molecule has 5 aromatic rings.